The van der Waals surface area contributed by atoms with Crippen molar-refractivity contribution in [3.05, 3.63) is 12.1 Å². The van der Waals surface area contributed by atoms with Gasteiger partial charge in [0.1, 0.15) is 11.3 Å². The Balaban J connectivity index is 2.26. The number of amides is 3. The van der Waals surface area contributed by atoms with Crippen LogP contribution < -0.4 is 20.7 Å². The van der Waals surface area contributed by atoms with Crippen molar-refractivity contribution in [2.45, 2.75) is 39.7 Å². The molecule has 0 aliphatic rings. The number of thiazole rings is 1. The largest absolute Gasteiger partial charge is 0.494 e. The van der Waals surface area contributed by atoms with E-state index in [4.69, 9.17) is 4.74 Å². The van der Waals surface area contributed by atoms with Gasteiger partial charge < -0.3 is 20.7 Å². The van der Waals surface area contributed by atoms with Crippen LogP contribution in [0.1, 0.15) is 33.6 Å². The Morgan fingerprint density at radius 2 is 2.04 bits per heavy atom. The lowest BCUT2D eigenvalue weighted by molar-refractivity contribution is -0.115. The summed E-state index contributed by atoms with van der Waals surface area (Å²) in [5.41, 5.74) is 1.26. The quantitative estimate of drug-likeness (QED) is 0.742. The van der Waals surface area contributed by atoms with Crippen LogP contribution in [0.3, 0.4) is 0 Å². The predicted molar refractivity (Wildman–Crippen MR) is 97.0 cm³/mol. The summed E-state index contributed by atoms with van der Waals surface area (Å²) in [6.07, 6.45) is 1.24. The van der Waals surface area contributed by atoms with Crippen LogP contribution in [0.15, 0.2) is 12.1 Å². The van der Waals surface area contributed by atoms with Gasteiger partial charge in [0.2, 0.25) is 5.91 Å². The van der Waals surface area contributed by atoms with E-state index in [0.717, 1.165) is 11.1 Å². The van der Waals surface area contributed by atoms with Crippen LogP contribution in [-0.4, -0.2) is 30.1 Å². The minimum Gasteiger partial charge on any atom is -0.494 e. The molecule has 0 radical (unpaired) electrons. The molecule has 1 aromatic carbocycles. The number of carbonyl (C=O) groups excluding carboxylic acids is 2. The lowest BCUT2D eigenvalue weighted by Gasteiger charge is -2.13. The number of urea groups is 1. The second kappa shape index (κ2) is 7.96. The summed E-state index contributed by atoms with van der Waals surface area (Å²) in [5, 5.41) is 8.89. The molecule has 1 heterocycles. The van der Waals surface area contributed by atoms with Crippen LogP contribution in [0.2, 0.25) is 0 Å². The zero-order valence-corrected chi connectivity index (χ0v) is 15.0. The highest BCUT2D eigenvalue weighted by Gasteiger charge is 2.14. The van der Waals surface area contributed by atoms with Gasteiger partial charge in [0.05, 0.1) is 11.8 Å². The van der Waals surface area contributed by atoms with Gasteiger partial charge >= 0.3 is 6.03 Å². The molecular weight excluding hydrogens is 328 g/mol. The lowest BCUT2D eigenvalue weighted by Crippen LogP contribution is -2.35. The molecule has 3 N–H and O–H groups in total. The van der Waals surface area contributed by atoms with E-state index in [1.54, 1.807) is 20.1 Å². The number of methoxy groups -OCH3 is 1. The average Bonchev–Trinajstić information content (AvgIpc) is 2.95. The monoisotopic (exact) mass is 350 g/mol. The molecule has 3 amide bonds. The molecule has 130 valence electrons. The summed E-state index contributed by atoms with van der Waals surface area (Å²) in [6, 6.07) is 3.35. The first-order valence-electron chi connectivity index (χ1n) is 7.82. The molecular formula is C16H22N4O3S. The Morgan fingerprint density at radius 3 is 2.67 bits per heavy atom. The van der Waals surface area contributed by atoms with Crippen LogP contribution in [0.4, 0.5) is 15.6 Å². The third-order valence-electron chi connectivity index (χ3n) is 3.50. The number of ether oxygens (including phenoxy) is 1. The van der Waals surface area contributed by atoms with Crippen molar-refractivity contribution in [2.24, 2.45) is 0 Å². The van der Waals surface area contributed by atoms with Gasteiger partial charge in [0.25, 0.3) is 0 Å². The number of nitrogens with one attached hydrogen (secondary N) is 3. The molecule has 0 spiro atoms. The molecule has 0 fully saturated rings. The van der Waals surface area contributed by atoms with E-state index in [0.29, 0.717) is 28.5 Å². The Morgan fingerprint density at radius 1 is 1.29 bits per heavy atom. The highest BCUT2D eigenvalue weighted by molar-refractivity contribution is 7.22. The number of anilines is 2. The summed E-state index contributed by atoms with van der Waals surface area (Å²) in [4.78, 5) is 27.9. The standard InChI is InChI=1S/C16H22N4O3S/c1-5-9(3)17-15(22)18-10-7-11(23-4)14-12(8-10)24-16(20-14)19-13(21)6-2/h7-9H,5-6H2,1-4H3,(H2,17,18,22)(H,19,20,21)/t9-/m1/s1. The Labute approximate surface area is 144 Å². The van der Waals surface area contributed by atoms with Gasteiger partial charge in [-0.05, 0) is 19.4 Å². The Bertz CT molecular complexity index is 744. The van der Waals surface area contributed by atoms with Gasteiger partial charge in [0.15, 0.2) is 5.13 Å². The fourth-order valence-electron chi connectivity index (χ4n) is 1.98. The Kier molecular flexibility index (Phi) is 5.97. The number of nitrogens with zero attached hydrogens (tertiary/aromatic N) is 1. The van der Waals surface area contributed by atoms with E-state index in [9.17, 15) is 9.59 Å². The van der Waals surface area contributed by atoms with E-state index in [-0.39, 0.29) is 18.0 Å². The third kappa shape index (κ3) is 4.35. The second-order valence-electron chi connectivity index (χ2n) is 5.35. The number of carbonyl (C=O) groups is 2. The van der Waals surface area contributed by atoms with Gasteiger partial charge in [-0.25, -0.2) is 9.78 Å². The van der Waals surface area contributed by atoms with Gasteiger partial charge in [0, 0.05) is 24.2 Å². The Hall–Kier alpha value is -2.35. The zero-order chi connectivity index (χ0) is 17.7. The summed E-state index contributed by atoms with van der Waals surface area (Å²) in [5.74, 6) is 0.443. The van der Waals surface area contributed by atoms with E-state index in [1.165, 1.54) is 11.3 Å². The first kappa shape index (κ1) is 18.0. The fourth-order valence-corrected chi connectivity index (χ4v) is 2.92. The van der Waals surface area contributed by atoms with E-state index >= 15 is 0 Å². The van der Waals surface area contributed by atoms with Crippen molar-refractivity contribution in [3.8, 4) is 5.75 Å². The van der Waals surface area contributed by atoms with Gasteiger partial charge in [-0.2, -0.15) is 0 Å². The third-order valence-corrected chi connectivity index (χ3v) is 4.41. The maximum absolute atomic E-state index is 12.0. The molecule has 0 saturated heterocycles. The summed E-state index contributed by atoms with van der Waals surface area (Å²) in [7, 11) is 1.54. The lowest BCUT2D eigenvalue weighted by atomic mass is 10.2. The van der Waals surface area contributed by atoms with Crippen LogP contribution in [0.25, 0.3) is 10.2 Å². The molecule has 1 aromatic heterocycles. The minimum atomic E-state index is -0.269. The first-order chi connectivity index (χ1) is 11.5. The molecule has 0 saturated carbocycles. The molecule has 24 heavy (non-hydrogen) atoms. The molecule has 0 aliphatic heterocycles. The van der Waals surface area contributed by atoms with Crippen LogP contribution >= 0.6 is 11.3 Å². The number of rotatable bonds is 6. The molecule has 0 bridgehead atoms. The van der Waals surface area contributed by atoms with Crippen molar-refractivity contribution < 1.29 is 14.3 Å². The molecule has 8 heteroatoms. The maximum atomic E-state index is 12.0. The van der Waals surface area contributed by atoms with Crippen LogP contribution in [-0.2, 0) is 4.79 Å². The number of hydrogen-bond acceptors (Lipinski definition) is 5. The molecule has 1 atom stereocenters. The molecule has 7 nitrogen and oxygen atoms in total. The normalized spacial score (nSPS) is 11.8. The van der Waals surface area contributed by atoms with E-state index in [1.807, 2.05) is 19.9 Å². The molecule has 0 aliphatic carbocycles. The number of benzene rings is 1. The summed E-state index contributed by atoms with van der Waals surface area (Å²) >= 11 is 1.34. The van der Waals surface area contributed by atoms with Crippen LogP contribution in [0.5, 0.6) is 5.75 Å². The zero-order valence-electron chi connectivity index (χ0n) is 14.2. The molecule has 0 unspecified atom stereocenters. The fraction of sp³-hybridized carbons (Fsp3) is 0.438. The minimum absolute atomic E-state index is 0.0925. The summed E-state index contributed by atoms with van der Waals surface area (Å²) in [6.45, 7) is 5.72. The number of fused-ring (bicyclic) bond motifs is 1. The topological polar surface area (TPSA) is 92.3 Å². The van der Waals surface area contributed by atoms with Crippen LogP contribution in [0, 0.1) is 0 Å². The highest BCUT2D eigenvalue weighted by Crippen LogP contribution is 2.35. The number of hydrogen-bond donors (Lipinski definition) is 3. The van der Waals surface area contributed by atoms with Crippen molar-refractivity contribution in [3.63, 3.8) is 0 Å². The first-order valence-corrected chi connectivity index (χ1v) is 8.64. The second-order valence-corrected chi connectivity index (χ2v) is 6.38. The van der Waals surface area contributed by atoms with Crippen molar-refractivity contribution in [1.82, 2.24) is 10.3 Å². The smallest absolute Gasteiger partial charge is 0.319 e. The van der Waals surface area contributed by atoms with Crippen molar-refractivity contribution in [2.75, 3.05) is 17.7 Å². The van der Waals surface area contributed by atoms with Gasteiger partial charge in [-0.15, -0.1) is 0 Å². The van der Waals surface area contributed by atoms with E-state index in [2.05, 4.69) is 20.9 Å². The number of aromatic nitrogens is 1. The molecule has 2 rings (SSSR count). The van der Waals surface area contributed by atoms with Gasteiger partial charge in [-0.1, -0.05) is 25.2 Å². The highest BCUT2D eigenvalue weighted by atomic mass is 32.1. The summed E-state index contributed by atoms with van der Waals surface area (Å²) < 4.78 is 6.18. The van der Waals surface area contributed by atoms with E-state index < -0.39 is 0 Å². The molecule has 2 aromatic rings. The maximum Gasteiger partial charge on any atom is 0.319 e. The average molecular weight is 350 g/mol. The SMILES string of the molecule is CCC(=O)Nc1nc2c(OC)cc(NC(=O)N[C@H](C)CC)cc2s1. The van der Waals surface area contributed by atoms with Crippen molar-refractivity contribution >= 4 is 44.3 Å². The predicted octanol–water partition coefficient (Wildman–Crippen LogP) is 3.57. The van der Waals surface area contributed by atoms with Gasteiger partial charge in [-0.3, -0.25) is 4.79 Å². The van der Waals surface area contributed by atoms with Crippen molar-refractivity contribution in [1.29, 1.82) is 0 Å².